The summed E-state index contributed by atoms with van der Waals surface area (Å²) in [5.41, 5.74) is 7.16. The summed E-state index contributed by atoms with van der Waals surface area (Å²) in [7, 11) is 0. The monoisotopic (exact) mass is 335 g/mol. The molecule has 0 aromatic heterocycles. The Morgan fingerprint density at radius 2 is 0.947 bits per heavy atom. The molecule has 2 aromatic carbocycles. The summed E-state index contributed by atoms with van der Waals surface area (Å²) in [4.78, 5) is 0. The molecule has 2 aromatic rings. The number of aryl methyl sites for hydroxylation is 4. The van der Waals surface area contributed by atoms with Gasteiger partial charge in [0.2, 0.25) is 0 Å². The van der Waals surface area contributed by atoms with Gasteiger partial charge >= 0.3 is 122 Å². The molecule has 2 nitrogen and oxygen atoms in total. The third-order valence-corrected chi connectivity index (χ3v) is 4.33. The topological polar surface area (TPSA) is 24.7 Å². The standard InChI is InChI=1S/2C8H9N.Tc/c2*1-6-4-3-5-7(2)8(6)9;/h2*3-5H,1-2H3;. The van der Waals surface area contributed by atoms with Gasteiger partial charge in [-0.1, -0.05) is 0 Å². The van der Waals surface area contributed by atoms with E-state index in [9.17, 15) is 0 Å². The molecule has 0 aliphatic heterocycles. The molecule has 0 fully saturated rings. The van der Waals surface area contributed by atoms with Crippen LogP contribution in [-0.4, -0.2) is 0 Å². The SMILES string of the molecule is Cc1cccc(C)c1[N]=[Tc]=[N]c1c(C)cccc1C. The normalized spacial score (nSPS) is 10.1. The van der Waals surface area contributed by atoms with Gasteiger partial charge in [0, 0.05) is 0 Å². The van der Waals surface area contributed by atoms with Crippen LogP contribution in [0.25, 0.3) is 0 Å². The van der Waals surface area contributed by atoms with E-state index in [1.165, 1.54) is 22.3 Å². The van der Waals surface area contributed by atoms with E-state index in [4.69, 9.17) is 7.22 Å². The second-order valence-electron chi connectivity index (χ2n) is 4.73. The maximum absolute atomic E-state index is 4.73. The van der Waals surface area contributed by atoms with Gasteiger partial charge in [0.05, 0.1) is 0 Å². The van der Waals surface area contributed by atoms with Crippen molar-refractivity contribution in [2.75, 3.05) is 0 Å². The molecule has 0 N–H and O–H groups in total. The summed E-state index contributed by atoms with van der Waals surface area (Å²) >= 11 is -0.550. The van der Waals surface area contributed by atoms with Crippen molar-refractivity contribution in [2.45, 2.75) is 27.7 Å². The molecule has 99 valence electrons. The zero-order valence-corrected chi connectivity index (χ0v) is 13.6. The van der Waals surface area contributed by atoms with Crippen LogP contribution in [0.5, 0.6) is 0 Å². The molecule has 0 spiro atoms. The van der Waals surface area contributed by atoms with Crippen molar-refractivity contribution in [3.8, 4) is 0 Å². The minimum atomic E-state index is -0.550. The van der Waals surface area contributed by atoms with Crippen molar-refractivity contribution in [1.29, 1.82) is 0 Å². The van der Waals surface area contributed by atoms with Crippen LogP contribution in [0.15, 0.2) is 43.6 Å². The summed E-state index contributed by atoms with van der Waals surface area (Å²) in [6.07, 6.45) is 0. The molecular formula is C16H18N2Tc. The fourth-order valence-electron chi connectivity index (χ4n) is 1.97. The van der Waals surface area contributed by atoms with Gasteiger partial charge in [-0.05, 0) is 0 Å². The van der Waals surface area contributed by atoms with E-state index in [2.05, 4.69) is 64.1 Å². The molecule has 2 rings (SSSR count). The maximum atomic E-state index is 4.73. The second-order valence-corrected chi connectivity index (χ2v) is 5.93. The first-order chi connectivity index (χ1) is 9.09. The molecular weight excluding hydrogens is 318 g/mol. The second kappa shape index (κ2) is 6.23. The first-order valence-corrected chi connectivity index (χ1v) is 7.94. The van der Waals surface area contributed by atoms with Gasteiger partial charge in [-0.15, -0.1) is 0 Å². The Kier molecular flexibility index (Phi) is 4.62. The number of nitrogens with zero attached hydrogens (tertiary/aromatic N) is 2. The van der Waals surface area contributed by atoms with Crippen LogP contribution < -0.4 is 0 Å². The fraction of sp³-hybridized carbons (Fsp3) is 0.250. The average Bonchev–Trinajstić information content (AvgIpc) is 2.36. The predicted molar refractivity (Wildman–Crippen MR) is 76.0 cm³/mol. The zero-order valence-electron chi connectivity index (χ0n) is 11.7. The van der Waals surface area contributed by atoms with Crippen molar-refractivity contribution in [3.63, 3.8) is 0 Å². The van der Waals surface area contributed by atoms with E-state index < -0.39 is 17.3 Å². The van der Waals surface area contributed by atoms with Crippen LogP contribution in [0.3, 0.4) is 0 Å². The van der Waals surface area contributed by atoms with Crippen molar-refractivity contribution < 1.29 is 17.3 Å². The number of hydrogen-bond donors (Lipinski definition) is 0. The van der Waals surface area contributed by atoms with Crippen molar-refractivity contribution >= 4 is 11.4 Å². The van der Waals surface area contributed by atoms with Gasteiger partial charge < -0.3 is 0 Å². The Morgan fingerprint density at radius 1 is 0.632 bits per heavy atom. The zero-order chi connectivity index (χ0) is 13.8. The molecule has 0 aliphatic carbocycles. The Bertz CT molecular complexity index is 572. The molecule has 19 heavy (non-hydrogen) atoms. The van der Waals surface area contributed by atoms with E-state index in [0.29, 0.717) is 0 Å². The predicted octanol–water partition coefficient (Wildman–Crippen LogP) is 5.33. The van der Waals surface area contributed by atoms with Crippen molar-refractivity contribution in [2.24, 2.45) is 7.22 Å². The molecule has 3 heteroatoms. The van der Waals surface area contributed by atoms with E-state index in [0.717, 1.165) is 11.4 Å². The third kappa shape index (κ3) is 3.37. The Hall–Kier alpha value is -1.31. The van der Waals surface area contributed by atoms with Gasteiger partial charge in [-0.25, -0.2) is 0 Å². The molecule has 0 aliphatic rings. The summed E-state index contributed by atoms with van der Waals surface area (Å²) in [5, 5.41) is 0. The number of rotatable bonds is 2. The van der Waals surface area contributed by atoms with Crippen LogP contribution >= 0.6 is 0 Å². The first-order valence-electron chi connectivity index (χ1n) is 6.27. The van der Waals surface area contributed by atoms with E-state index in [1.54, 1.807) is 0 Å². The fourth-order valence-corrected chi connectivity index (χ4v) is 3.75. The number of benzene rings is 2. The molecule has 0 saturated carbocycles. The molecule has 0 saturated heterocycles. The Labute approximate surface area is 122 Å². The van der Waals surface area contributed by atoms with Gasteiger partial charge in [0.1, 0.15) is 0 Å². The van der Waals surface area contributed by atoms with E-state index in [1.807, 2.05) is 0 Å². The molecule has 0 amide bonds. The Morgan fingerprint density at radius 3 is 1.26 bits per heavy atom. The van der Waals surface area contributed by atoms with Crippen LogP contribution in [0.1, 0.15) is 22.3 Å². The van der Waals surface area contributed by atoms with Gasteiger partial charge in [-0.3, -0.25) is 0 Å². The molecule has 0 unspecified atom stereocenters. The molecule has 0 bridgehead atoms. The Balaban J connectivity index is 2.40. The van der Waals surface area contributed by atoms with Crippen LogP contribution in [-0.2, 0) is 17.3 Å². The average molecular weight is 336 g/mol. The summed E-state index contributed by atoms with van der Waals surface area (Å²) in [6.45, 7) is 8.42. The first kappa shape index (κ1) is 14.1. The van der Waals surface area contributed by atoms with E-state index >= 15 is 0 Å². The van der Waals surface area contributed by atoms with Crippen LogP contribution in [0.2, 0.25) is 0 Å². The summed E-state index contributed by atoms with van der Waals surface area (Å²) in [5.74, 6) is 0. The van der Waals surface area contributed by atoms with Crippen LogP contribution in [0.4, 0.5) is 11.4 Å². The summed E-state index contributed by atoms with van der Waals surface area (Å²) < 4.78 is 9.45. The summed E-state index contributed by atoms with van der Waals surface area (Å²) in [6, 6.07) is 12.6. The molecule has 0 atom stereocenters. The quantitative estimate of drug-likeness (QED) is 0.708. The molecule has 0 heterocycles. The van der Waals surface area contributed by atoms with Crippen LogP contribution in [0, 0.1) is 27.7 Å². The van der Waals surface area contributed by atoms with E-state index in [-0.39, 0.29) is 0 Å². The number of hydrogen-bond acceptors (Lipinski definition) is 2. The van der Waals surface area contributed by atoms with Gasteiger partial charge in [0.25, 0.3) is 0 Å². The molecule has 0 radical (unpaired) electrons. The van der Waals surface area contributed by atoms with Crippen molar-refractivity contribution in [3.05, 3.63) is 58.7 Å². The van der Waals surface area contributed by atoms with Gasteiger partial charge in [0.15, 0.2) is 0 Å². The van der Waals surface area contributed by atoms with Crippen molar-refractivity contribution in [1.82, 2.24) is 0 Å². The third-order valence-electron chi connectivity index (χ3n) is 3.12. The minimum absolute atomic E-state index is 0.550. The van der Waals surface area contributed by atoms with Gasteiger partial charge in [-0.2, -0.15) is 0 Å².